The van der Waals surface area contributed by atoms with Crippen molar-refractivity contribution in [2.24, 2.45) is 0 Å². The van der Waals surface area contributed by atoms with Crippen molar-refractivity contribution >= 4 is 22.7 Å². The largest absolute Gasteiger partial charge is 0.484 e. The smallest absolute Gasteiger partial charge is 0.420 e. The molecule has 0 saturated carbocycles. The fourth-order valence-electron chi connectivity index (χ4n) is 2.58. The number of oxazole rings is 1. The quantitative estimate of drug-likeness (QED) is 0.771. The van der Waals surface area contributed by atoms with Gasteiger partial charge in [0.05, 0.1) is 5.52 Å². The molecule has 3 aromatic rings. The molecule has 1 amide bonds. The first-order chi connectivity index (χ1) is 11.9. The van der Waals surface area contributed by atoms with E-state index in [1.807, 2.05) is 45.0 Å². The monoisotopic (exact) mass is 340 g/mol. The lowest BCUT2D eigenvalue weighted by molar-refractivity contribution is -0.118. The molecular weight excluding hydrogens is 320 g/mol. The third-order valence-corrected chi connectivity index (χ3v) is 3.80. The summed E-state index contributed by atoms with van der Waals surface area (Å²) in [5.41, 5.74) is 2.82. The Balaban J connectivity index is 1.69. The molecule has 0 atom stereocenters. The summed E-state index contributed by atoms with van der Waals surface area (Å²) in [4.78, 5) is 23.9. The molecule has 0 spiro atoms. The molecule has 0 saturated heterocycles. The average molecular weight is 340 g/mol. The summed E-state index contributed by atoms with van der Waals surface area (Å²) >= 11 is 0. The van der Waals surface area contributed by atoms with E-state index >= 15 is 0 Å². The zero-order valence-corrected chi connectivity index (χ0v) is 14.4. The summed E-state index contributed by atoms with van der Waals surface area (Å²) < 4.78 is 12.3. The van der Waals surface area contributed by atoms with Gasteiger partial charge in [0, 0.05) is 17.8 Å². The van der Waals surface area contributed by atoms with E-state index in [9.17, 15) is 9.59 Å². The standard InChI is InChI=1S/C19H20N2O4/c1-12(2)21-16-9-6-14(10-17(16)25-19(21)23)20-18(22)11-24-15-7-4-13(3)5-8-15/h4-10,12H,11H2,1-3H3,(H,20,22). The van der Waals surface area contributed by atoms with Crippen LogP contribution in [0, 0.1) is 6.92 Å². The number of nitrogens with one attached hydrogen (secondary N) is 1. The van der Waals surface area contributed by atoms with Crippen LogP contribution in [0.3, 0.4) is 0 Å². The van der Waals surface area contributed by atoms with E-state index in [1.165, 1.54) is 0 Å². The lowest BCUT2D eigenvalue weighted by Gasteiger charge is -2.08. The van der Waals surface area contributed by atoms with Gasteiger partial charge < -0.3 is 14.5 Å². The summed E-state index contributed by atoms with van der Waals surface area (Å²) in [6.07, 6.45) is 0. The Labute approximate surface area is 145 Å². The number of aromatic nitrogens is 1. The fraction of sp³-hybridized carbons (Fsp3) is 0.263. The summed E-state index contributed by atoms with van der Waals surface area (Å²) in [6.45, 7) is 5.71. The van der Waals surface area contributed by atoms with Gasteiger partial charge in [0.25, 0.3) is 5.91 Å². The van der Waals surface area contributed by atoms with E-state index in [2.05, 4.69) is 5.32 Å². The van der Waals surface area contributed by atoms with E-state index in [-0.39, 0.29) is 18.6 Å². The maximum absolute atomic E-state index is 12.0. The molecular formula is C19H20N2O4. The number of nitrogens with zero attached hydrogens (tertiary/aromatic N) is 1. The zero-order valence-electron chi connectivity index (χ0n) is 14.4. The second-order valence-corrected chi connectivity index (χ2v) is 6.16. The van der Waals surface area contributed by atoms with Crippen molar-refractivity contribution in [3.05, 3.63) is 58.6 Å². The first kappa shape index (κ1) is 16.8. The van der Waals surface area contributed by atoms with E-state index in [0.717, 1.165) is 5.56 Å². The van der Waals surface area contributed by atoms with Crippen LogP contribution in [0.1, 0.15) is 25.5 Å². The molecule has 1 aromatic heterocycles. The third kappa shape index (κ3) is 3.74. The Morgan fingerprint density at radius 2 is 1.92 bits per heavy atom. The van der Waals surface area contributed by atoms with Gasteiger partial charge in [0.1, 0.15) is 5.75 Å². The maximum Gasteiger partial charge on any atom is 0.420 e. The number of hydrogen-bond donors (Lipinski definition) is 1. The van der Waals surface area contributed by atoms with Crippen LogP contribution in [0.5, 0.6) is 5.75 Å². The molecule has 0 radical (unpaired) electrons. The van der Waals surface area contributed by atoms with Gasteiger partial charge in [-0.3, -0.25) is 9.36 Å². The van der Waals surface area contributed by atoms with Gasteiger partial charge in [0.15, 0.2) is 12.2 Å². The number of carbonyl (C=O) groups excluding carboxylic acids is 1. The van der Waals surface area contributed by atoms with E-state index < -0.39 is 5.76 Å². The van der Waals surface area contributed by atoms with Gasteiger partial charge in [0.2, 0.25) is 0 Å². The number of anilines is 1. The minimum Gasteiger partial charge on any atom is -0.484 e. The molecule has 0 aliphatic carbocycles. The molecule has 3 rings (SSSR count). The normalized spacial score (nSPS) is 11.0. The highest BCUT2D eigenvalue weighted by Gasteiger charge is 2.13. The summed E-state index contributed by atoms with van der Waals surface area (Å²) in [7, 11) is 0. The van der Waals surface area contributed by atoms with Gasteiger partial charge >= 0.3 is 5.76 Å². The summed E-state index contributed by atoms with van der Waals surface area (Å²) in [5, 5.41) is 2.74. The van der Waals surface area contributed by atoms with Crippen molar-refractivity contribution in [1.82, 2.24) is 4.57 Å². The predicted octanol–water partition coefficient (Wildman–Crippen LogP) is 3.50. The van der Waals surface area contributed by atoms with Crippen molar-refractivity contribution in [2.75, 3.05) is 11.9 Å². The molecule has 0 fully saturated rings. The fourth-order valence-corrected chi connectivity index (χ4v) is 2.58. The van der Waals surface area contributed by atoms with Crippen LogP contribution in [0.25, 0.3) is 11.1 Å². The van der Waals surface area contributed by atoms with Crippen molar-refractivity contribution in [2.45, 2.75) is 26.8 Å². The Morgan fingerprint density at radius 3 is 2.60 bits per heavy atom. The van der Waals surface area contributed by atoms with Gasteiger partial charge in [-0.1, -0.05) is 17.7 Å². The van der Waals surface area contributed by atoms with Crippen LogP contribution in [-0.2, 0) is 4.79 Å². The second kappa shape index (κ2) is 6.84. The van der Waals surface area contributed by atoms with Crippen LogP contribution < -0.4 is 15.8 Å². The van der Waals surface area contributed by atoms with Crippen LogP contribution >= 0.6 is 0 Å². The molecule has 25 heavy (non-hydrogen) atoms. The average Bonchev–Trinajstić information content (AvgIpc) is 2.89. The van der Waals surface area contributed by atoms with Crippen LogP contribution in [0.2, 0.25) is 0 Å². The van der Waals surface area contributed by atoms with Gasteiger partial charge in [-0.15, -0.1) is 0 Å². The Hall–Kier alpha value is -3.02. The number of hydrogen-bond acceptors (Lipinski definition) is 4. The molecule has 0 unspecified atom stereocenters. The molecule has 2 aromatic carbocycles. The molecule has 0 bridgehead atoms. The first-order valence-corrected chi connectivity index (χ1v) is 8.08. The molecule has 0 aliphatic heterocycles. The van der Waals surface area contributed by atoms with Crippen LogP contribution in [0.4, 0.5) is 5.69 Å². The molecule has 1 heterocycles. The highest BCUT2D eigenvalue weighted by atomic mass is 16.5. The van der Waals surface area contributed by atoms with Crippen LogP contribution in [-0.4, -0.2) is 17.1 Å². The Morgan fingerprint density at radius 1 is 1.20 bits per heavy atom. The summed E-state index contributed by atoms with van der Waals surface area (Å²) in [5.74, 6) is -0.0575. The Bertz CT molecular complexity index is 952. The second-order valence-electron chi connectivity index (χ2n) is 6.16. The van der Waals surface area contributed by atoms with Gasteiger partial charge in [-0.05, 0) is 45.0 Å². The van der Waals surface area contributed by atoms with E-state index in [0.29, 0.717) is 22.5 Å². The van der Waals surface area contributed by atoms with Crippen molar-refractivity contribution in [3.63, 3.8) is 0 Å². The molecule has 6 heteroatoms. The van der Waals surface area contributed by atoms with Gasteiger partial charge in [-0.2, -0.15) is 0 Å². The topological polar surface area (TPSA) is 73.5 Å². The lowest BCUT2D eigenvalue weighted by Crippen LogP contribution is -2.20. The van der Waals surface area contributed by atoms with Gasteiger partial charge in [-0.25, -0.2) is 4.79 Å². The number of ether oxygens (including phenoxy) is 1. The molecule has 6 nitrogen and oxygen atoms in total. The maximum atomic E-state index is 12.0. The number of aryl methyl sites for hydroxylation is 1. The van der Waals surface area contributed by atoms with Crippen molar-refractivity contribution in [3.8, 4) is 5.75 Å². The highest BCUT2D eigenvalue weighted by molar-refractivity contribution is 5.93. The lowest BCUT2D eigenvalue weighted by atomic mass is 10.2. The number of benzene rings is 2. The third-order valence-electron chi connectivity index (χ3n) is 3.80. The summed E-state index contributed by atoms with van der Waals surface area (Å²) in [6, 6.07) is 12.6. The number of fused-ring (bicyclic) bond motifs is 1. The minimum atomic E-state index is -0.406. The molecule has 130 valence electrons. The first-order valence-electron chi connectivity index (χ1n) is 8.08. The predicted molar refractivity (Wildman–Crippen MR) is 96.2 cm³/mol. The van der Waals surface area contributed by atoms with Crippen molar-refractivity contribution < 1.29 is 13.9 Å². The van der Waals surface area contributed by atoms with Crippen LogP contribution in [0.15, 0.2) is 51.7 Å². The highest BCUT2D eigenvalue weighted by Crippen LogP contribution is 2.21. The minimum absolute atomic E-state index is 0.00268. The number of rotatable bonds is 5. The number of amides is 1. The number of carbonyl (C=O) groups is 1. The van der Waals surface area contributed by atoms with E-state index in [1.54, 1.807) is 22.8 Å². The van der Waals surface area contributed by atoms with Crippen molar-refractivity contribution in [1.29, 1.82) is 0 Å². The molecule has 0 aliphatic rings. The SMILES string of the molecule is Cc1ccc(OCC(=O)Nc2ccc3c(c2)oc(=O)n3C(C)C)cc1. The Kier molecular flexibility index (Phi) is 4.61. The van der Waals surface area contributed by atoms with E-state index in [4.69, 9.17) is 9.15 Å². The zero-order chi connectivity index (χ0) is 18.0. The molecule has 1 N–H and O–H groups in total.